The number of carbonyl (C=O) groups excluding carboxylic acids is 1. The van der Waals surface area contributed by atoms with Crippen LogP contribution in [0.2, 0.25) is 0 Å². The van der Waals surface area contributed by atoms with Crippen molar-refractivity contribution in [2.24, 2.45) is 5.92 Å². The lowest BCUT2D eigenvalue weighted by Crippen LogP contribution is -2.22. The molecule has 24 heavy (non-hydrogen) atoms. The van der Waals surface area contributed by atoms with Crippen LogP contribution in [0.15, 0.2) is 32.9 Å². The Morgan fingerprint density at radius 2 is 2.08 bits per heavy atom. The van der Waals surface area contributed by atoms with E-state index >= 15 is 0 Å². The standard InChI is InChI=1S/C16H18N4OS3/c1-10(2)9-22-15-19-20-16(24-15)23-11(3)14(21)18-13-6-4-5-12(7-13)8-17/h4-7,10-11H,9H2,1-3H3,(H,18,21)/t11-/m1/s1. The highest BCUT2D eigenvalue weighted by atomic mass is 32.2. The highest BCUT2D eigenvalue weighted by Crippen LogP contribution is 2.32. The molecule has 0 unspecified atom stereocenters. The summed E-state index contributed by atoms with van der Waals surface area (Å²) in [5, 5.41) is 19.7. The van der Waals surface area contributed by atoms with Gasteiger partial charge in [-0.3, -0.25) is 4.79 Å². The Morgan fingerprint density at radius 1 is 1.33 bits per heavy atom. The largest absolute Gasteiger partial charge is 0.325 e. The number of nitrogens with one attached hydrogen (secondary N) is 1. The summed E-state index contributed by atoms with van der Waals surface area (Å²) in [6.07, 6.45) is 0. The normalized spacial score (nSPS) is 12.0. The fourth-order valence-corrected chi connectivity index (χ4v) is 4.80. The zero-order valence-corrected chi connectivity index (χ0v) is 16.1. The summed E-state index contributed by atoms with van der Waals surface area (Å²) in [5.41, 5.74) is 1.14. The van der Waals surface area contributed by atoms with Crippen molar-refractivity contribution in [3.05, 3.63) is 29.8 Å². The molecule has 2 aromatic rings. The maximum atomic E-state index is 12.3. The summed E-state index contributed by atoms with van der Waals surface area (Å²) in [6.45, 7) is 6.16. The van der Waals surface area contributed by atoms with E-state index in [0.717, 1.165) is 14.4 Å². The summed E-state index contributed by atoms with van der Waals surface area (Å²) >= 11 is 4.60. The molecule has 0 fully saturated rings. The Kier molecular flexibility index (Phi) is 7.09. The molecule has 2 rings (SSSR count). The first-order chi connectivity index (χ1) is 11.5. The van der Waals surface area contributed by atoms with Gasteiger partial charge in [-0.15, -0.1) is 10.2 Å². The van der Waals surface area contributed by atoms with Crippen molar-refractivity contribution < 1.29 is 4.79 Å². The number of amides is 1. The zero-order valence-electron chi connectivity index (χ0n) is 13.6. The number of aromatic nitrogens is 2. The van der Waals surface area contributed by atoms with E-state index in [1.54, 1.807) is 36.0 Å². The maximum absolute atomic E-state index is 12.3. The number of nitriles is 1. The molecule has 1 heterocycles. The number of benzene rings is 1. The SMILES string of the molecule is CC(C)CSc1nnc(S[C@H](C)C(=O)Nc2cccc(C#N)c2)s1. The molecular weight excluding hydrogens is 360 g/mol. The summed E-state index contributed by atoms with van der Waals surface area (Å²) in [4.78, 5) is 12.3. The molecule has 1 atom stereocenters. The fraction of sp³-hybridized carbons (Fsp3) is 0.375. The van der Waals surface area contributed by atoms with Gasteiger partial charge in [0.1, 0.15) is 0 Å². The average Bonchev–Trinajstić information content (AvgIpc) is 3.00. The highest BCUT2D eigenvalue weighted by molar-refractivity contribution is 8.03. The predicted molar refractivity (Wildman–Crippen MR) is 101 cm³/mol. The Hall–Kier alpha value is -1.56. The first-order valence-electron chi connectivity index (χ1n) is 7.42. The van der Waals surface area contributed by atoms with Crippen molar-refractivity contribution in [2.75, 3.05) is 11.1 Å². The van der Waals surface area contributed by atoms with Crippen LogP contribution in [-0.2, 0) is 4.79 Å². The van der Waals surface area contributed by atoms with Crippen LogP contribution in [0.25, 0.3) is 0 Å². The number of rotatable bonds is 7. The smallest absolute Gasteiger partial charge is 0.237 e. The van der Waals surface area contributed by atoms with Crippen molar-refractivity contribution in [2.45, 2.75) is 34.7 Å². The van der Waals surface area contributed by atoms with E-state index in [1.165, 1.54) is 23.1 Å². The van der Waals surface area contributed by atoms with E-state index < -0.39 is 0 Å². The Labute approximate surface area is 154 Å². The lowest BCUT2D eigenvalue weighted by Gasteiger charge is -2.10. The Balaban J connectivity index is 1.90. The second-order valence-electron chi connectivity index (χ2n) is 5.48. The van der Waals surface area contributed by atoms with Gasteiger partial charge in [0.15, 0.2) is 8.68 Å². The van der Waals surface area contributed by atoms with Gasteiger partial charge in [0.25, 0.3) is 0 Å². The van der Waals surface area contributed by atoms with Gasteiger partial charge in [0.05, 0.1) is 16.9 Å². The summed E-state index contributed by atoms with van der Waals surface area (Å²) in [7, 11) is 0. The molecular formula is C16H18N4OS3. The molecule has 5 nitrogen and oxygen atoms in total. The van der Waals surface area contributed by atoms with E-state index in [1.807, 2.05) is 6.92 Å². The Morgan fingerprint density at radius 3 is 2.79 bits per heavy atom. The number of anilines is 1. The average molecular weight is 379 g/mol. The number of nitrogens with zero attached hydrogens (tertiary/aromatic N) is 3. The molecule has 0 spiro atoms. The lowest BCUT2D eigenvalue weighted by atomic mass is 10.2. The summed E-state index contributed by atoms with van der Waals surface area (Å²) in [5.74, 6) is 1.48. The van der Waals surface area contributed by atoms with E-state index in [9.17, 15) is 4.79 Å². The second-order valence-corrected chi connectivity index (χ2v) is 9.31. The van der Waals surface area contributed by atoms with Gasteiger partial charge >= 0.3 is 0 Å². The van der Waals surface area contributed by atoms with Crippen LogP contribution in [0.1, 0.15) is 26.3 Å². The van der Waals surface area contributed by atoms with Crippen molar-refractivity contribution in [1.82, 2.24) is 10.2 Å². The zero-order chi connectivity index (χ0) is 17.5. The maximum Gasteiger partial charge on any atom is 0.237 e. The minimum absolute atomic E-state index is 0.123. The molecule has 1 amide bonds. The van der Waals surface area contributed by atoms with Crippen LogP contribution < -0.4 is 5.32 Å². The van der Waals surface area contributed by atoms with Gasteiger partial charge in [0.2, 0.25) is 5.91 Å². The van der Waals surface area contributed by atoms with Crippen LogP contribution in [0, 0.1) is 17.2 Å². The number of thioether (sulfide) groups is 2. The molecule has 0 saturated heterocycles. The van der Waals surface area contributed by atoms with Gasteiger partial charge in [-0.2, -0.15) is 5.26 Å². The number of carbonyl (C=O) groups is 1. The van der Waals surface area contributed by atoms with Crippen LogP contribution in [-0.4, -0.2) is 27.1 Å². The third kappa shape index (κ3) is 5.82. The fourth-order valence-electron chi connectivity index (χ4n) is 1.66. The minimum atomic E-state index is -0.299. The molecule has 0 aliphatic carbocycles. The lowest BCUT2D eigenvalue weighted by molar-refractivity contribution is -0.115. The molecule has 0 radical (unpaired) electrons. The molecule has 0 bridgehead atoms. The Bertz CT molecular complexity index is 739. The van der Waals surface area contributed by atoms with E-state index in [-0.39, 0.29) is 11.2 Å². The van der Waals surface area contributed by atoms with Crippen LogP contribution in [0.3, 0.4) is 0 Å². The number of hydrogen-bond acceptors (Lipinski definition) is 7. The third-order valence-corrected chi connectivity index (χ3v) is 6.50. The molecule has 0 aliphatic heterocycles. The molecule has 1 N–H and O–H groups in total. The molecule has 1 aromatic heterocycles. The predicted octanol–water partition coefficient (Wildman–Crippen LogP) is 4.28. The molecule has 126 valence electrons. The summed E-state index contributed by atoms with van der Waals surface area (Å²) < 4.78 is 1.72. The topological polar surface area (TPSA) is 78.7 Å². The van der Waals surface area contributed by atoms with Crippen LogP contribution in [0.5, 0.6) is 0 Å². The number of hydrogen-bond donors (Lipinski definition) is 1. The van der Waals surface area contributed by atoms with Crippen molar-refractivity contribution >= 4 is 46.5 Å². The van der Waals surface area contributed by atoms with E-state index in [0.29, 0.717) is 17.2 Å². The molecule has 8 heteroatoms. The molecule has 1 aromatic carbocycles. The van der Waals surface area contributed by atoms with Gasteiger partial charge < -0.3 is 5.32 Å². The molecule has 0 aliphatic rings. The molecule has 0 saturated carbocycles. The second kappa shape index (κ2) is 9.06. The van der Waals surface area contributed by atoms with Gasteiger partial charge in [-0.1, -0.05) is 54.8 Å². The quantitative estimate of drug-likeness (QED) is 0.725. The van der Waals surface area contributed by atoms with Crippen LogP contribution >= 0.6 is 34.9 Å². The van der Waals surface area contributed by atoms with Crippen molar-refractivity contribution in [3.8, 4) is 6.07 Å². The first-order valence-corrected chi connectivity index (χ1v) is 10.1. The van der Waals surface area contributed by atoms with Gasteiger partial charge in [-0.25, -0.2) is 0 Å². The third-order valence-electron chi connectivity index (χ3n) is 2.83. The first kappa shape index (κ1) is 18.8. The van der Waals surface area contributed by atoms with Gasteiger partial charge in [-0.05, 0) is 31.0 Å². The monoisotopic (exact) mass is 378 g/mol. The minimum Gasteiger partial charge on any atom is -0.325 e. The van der Waals surface area contributed by atoms with Crippen LogP contribution in [0.4, 0.5) is 5.69 Å². The van der Waals surface area contributed by atoms with Crippen molar-refractivity contribution in [1.29, 1.82) is 5.26 Å². The summed E-state index contributed by atoms with van der Waals surface area (Å²) in [6, 6.07) is 8.92. The van der Waals surface area contributed by atoms with E-state index in [2.05, 4.69) is 35.4 Å². The van der Waals surface area contributed by atoms with E-state index in [4.69, 9.17) is 5.26 Å². The van der Waals surface area contributed by atoms with Gasteiger partial charge in [0, 0.05) is 11.4 Å². The van der Waals surface area contributed by atoms with Crippen molar-refractivity contribution in [3.63, 3.8) is 0 Å². The highest BCUT2D eigenvalue weighted by Gasteiger charge is 2.17.